The first-order chi connectivity index (χ1) is 6.50. The van der Waals surface area contributed by atoms with Crippen LogP contribution in [0.3, 0.4) is 0 Å². The predicted octanol–water partition coefficient (Wildman–Crippen LogP) is 2.13. The summed E-state index contributed by atoms with van der Waals surface area (Å²) in [6.07, 6.45) is 0. The van der Waals surface area contributed by atoms with Gasteiger partial charge in [0.15, 0.2) is 9.84 Å². The highest BCUT2D eigenvalue weighted by atomic mass is 79.9. The molecule has 0 aliphatic heterocycles. The molecule has 1 aromatic carbocycles. The minimum atomic E-state index is -3.53. The van der Waals surface area contributed by atoms with Crippen molar-refractivity contribution in [3.05, 3.63) is 28.7 Å². The summed E-state index contributed by atoms with van der Waals surface area (Å²) in [5, 5.41) is 7.55. The van der Waals surface area contributed by atoms with Gasteiger partial charge in [-0.3, -0.25) is 0 Å². The van der Waals surface area contributed by atoms with Gasteiger partial charge in [-0.25, -0.2) is 8.42 Å². The normalized spacial score (nSPS) is 13.2. The van der Waals surface area contributed by atoms with E-state index in [0.717, 1.165) is 0 Å². The van der Waals surface area contributed by atoms with Gasteiger partial charge in [0.1, 0.15) is 5.25 Å². The molecule has 0 saturated heterocycles. The first-order valence-electron chi connectivity index (χ1n) is 3.88. The molecule has 3 nitrogen and oxygen atoms in total. The Kier molecular flexibility index (Phi) is 3.29. The molecule has 1 aromatic rings. The lowest BCUT2D eigenvalue weighted by atomic mass is 10.4. The van der Waals surface area contributed by atoms with Gasteiger partial charge in [-0.05, 0) is 35.0 Å². The van der Waals surface area contributed by atoms with Crippen LogP contribution in [0, 0.1) is 11.3 Å². The van der Waals surface area contributed by atoms with Crippen molar-refractivity contribution in [1.29, 1.82) is 5.26 Å². The summed E-state index contributed by atoms with van der Waals surface area (Å²) in [5.74, 6) is 0. The van der Waals surface area contributed by atoms with E-state index in [1.807, 2.05) is 0 Å². The van der Waals surface area contributed by atoms with Crippen LogP contribution in [0.5, 0.6) is 0 Å². The average Bonchev–Trinajstić information content (AvgIpc) is 2.17. The molecule has 0 saturated carbocycles. The lowest BCUT2D eigenvalue weighted by Crippen LogP contribution is -2.16. The lowest BCUT2D eigenvalue weighted by Gasteiger charge is -2.06. The van der Waals surface area contributed by atoms with E-state index in [-0.39, 0.29) is 4.90 Å². The maximum atomic E-state index is 11.7. The van der Waals surface area contributed by atoms with Crippen molar-refractivity contribution in [3.8, 4) is 6.07 Å². The van der Waals surface area contributed by atoms with E-state index < -0.39 is 15.1 Å². The molecule has 0 fully saturated rings. The van der Waals surface area contributed by atoms with E-state index in [2.05, 4.69) is 15.9 Å². The smallest absolute Gasteiger partial charge is 0.195 e. The molecule has 0 heterocycles. The second-order valence-corrected chi connectivity index (χ2v) is 5.84. The highest BCUT2D eigenvalue weighted by Crippen LogP contribution is 2.24. The third-order valence-corrected chi connectivity index (χ3v) is 4.75. The van der Waals surface area contributed by atoms with Gasteiger partial charge >= 0.3 is 0 Å². The molecule has 0 spiro atoms. The quantitative estimate of drug-likeness (QED) is 0.830. The number of hydrogen-bond acceptors (Lipinski definition) is 3. The second-order valence-electron chi connectivity index (χ2n) is 2.75. The minimum Gasteiger partial charge on any atom is -0.222 e. The van der Waals surface area contributed by atoms with Crippen LogP contribution < -0.4 is 0 Å². The Balaban J connectivity index is 3.33. The van der Waals surface area contributed by atoms with Crippen molar-refractivity contribution in [1.82, 2.24) is 0 Å². The number of halogens is 1. The van der Waals surface area contributed by atoms with Crippen LogP contribution in [0.15, 0.2) is 33.6 Å². The summed E-state index contributed by atoms with van der Waals surface area (Å²) >= 11 is 3.14. The number of rotatable bonds is 2. The van der Waals surface area contributed by atoms with E-state index in [4.69, 9.17) is 5.26 Å². The Labute approximate surface area is 91.4 Å². The van der Waals surface area contributed by atoms with E-state index in [0.29, 0.717) is 4.47 Å². The Hall–Kier alpha value is -0.860. The van der Waals surface area contributed by atoms with E-state index in [1.165, 1.54) is 13.0 Å². The van der Waals surface area contributed by atoms with E-state index in [9.17, 15) is 8.42 Å². The van der Waals surface area contributed by atoms with Gasteiger partial charge in [-0.15, -0.1) is 0 Å². The maximum absolute atomic E-state index is 11.7. The Bertz CT molecular complexity index is 476. The van der Waals surface area contributed by atoms with Crippen LogP contribution in [0.4, 0.5) is 0 Å². The molecule has 0 aromatic heterocycles. The van der Waals surface area contributed by atoms with Crippen LogP contribution in [-0.4, -0.2) is 13.7 Å². The molecule has 0 radical (unpaired) electrons. The molecule has 0 N–H and O–H groups in total. The van der Waals surface area contributed by atoms with Crippen molar-refractivity contribution in [3.63, 3.8) is 0 Å². The van der Waals surface area contributed by atoms with Gasteiger partial charge in [0.2, 0.25) is 0 Å². The molecule has 0 amide bonds. The standard InChI is InChI=1S/C9H8BrNO2S/c1-7(6-11)14(12,13)9-5-3-2-4-8(9)10/h2-5,7H,1H3. The molecule has 1 atom stereocenters. The number of nitriles is 1. The predicted molar refractivity (Wildman–Crippen MR) is 56.4 cm³/mol. The van der Waals surface area contributed by atoms with Gasteiger partial charge in [0.25, 0.3) is 0 Å². The van der Waals surface area contributed by atoms with Gasteiger partial charge in [0, 0.05) is 4.47 Å². The molecule has 14 heavy (non-hydrogen) atoms. The highest BCUT2D eigenvalue weighted by molar-refractivity contribution is 9.10. The summed E-state index contributed by atoms with van der Waals surface area (Å²) in [5.41, 5.74) is 0. The molecule has 1 unspecified atom stereocenters. The average molecular weight is 274 g/mol. The molecule has 74 valence electrons. The summed E-state index contributed by atoms with van der Waals surface area (Å²) in [6, 6.07) is 8.19. The summed E-state index contributed by atoms with van der Waals surface area (Å²) in [7, 11) is -3.53. The molecular weight excluding hydrogens is 266 g/mol. The van der Waals surface area contributed by atoms with Gasteiger partial charge in [0.05, 0.1) is 11.0 Å². The number of hydrogen-bond donors (Lipinski definition) is 0. The number of benzene rings is 1. The Morgan fingerprint density at radius 1 is 1.43 bits per heavy atom. The van der Waals surface area contributed by atoms with Crippen LogP contribution in [0.2, 0.25) is 0 Å². The lowest BCUT2D eigenvalue weighted by molar-refractivity contribution is 0.591. The fourth-order valence-corrected chi connectivity index (χ4v) is 3.02. The third kappa shape index (κ3) is 1.97. The third-order valence-electron chi connectivity index (χ3n) is 1.79. The van der Waals surface area contributed by atoms with Crippen molar-refractivity contribution >= 4 is 25.8 Å². The van der Waals surface area contributed by atoms with Crippen LogP contribution in [0.1, 0.15) is 6.92 Å². The summed E-state index contributed by atoms with van der Waals surface area (Å²) < 4.78 is 24.0. The zero-order valence-electron chi connectivity index (χ0n) is 7.44. The maximum Gasteiger partial charge on any atom is 0.195 e. The van der Waals surface area contributed by atoms with E-state index in [1.54, 1.807) is 24.3 Å². The highest BCUT2D eigenvalue weighted by Gasteiger charge is 2.24. The topological polar surface area (TPSA) is 57.9 Å². The molecule has 1 rings (SSSR count). The van der Waals surface area contributed by atoms with Crippen molar-refractivity contribution in [2.24, 2.45) is 0 Å². The minimum absolute atomic E-state index is 0.161. The van der Waals surface area contributed by atoms with E-state index >= 15 is 0 Å². The van der Waals surface area contributed by atoms with Crippen molar-refractivity contribution < 1.29 is 8.42 Å². The first-order valence-corrected chi connectivity index (χ1v) is 6.22. The molecule has 0 aliphatic rings. The molecule has 0 bridgehead atoms. The zero-order chi connectivity index (χ0) is 10.8. The Morgan fingerprint density at radius 3 is 2.50 bits per heavy atom. The second kappa shape index (κ2) is 4.11. The monoisotopic (exact) mass is 273 g/mol. The molecular formula is C9H8BrNO2S. The van der Waals surface area contributed by atoms with Gasteiger partial charge in [-0.2, -0.15) is 5.26 Å². The van der Waals surface area contributed by atoms with Crippen molar-refractivity contribution in [2.45, 2.75) is 17.1 Å². The largest absolute Gasteiger partial charge is 0.222 e. The number of sulfone groups is 1. The van der Waals surface area contributed by atoms with Crippen LogP contribution in [-0.2, 0) is 9.84 Å². The zero-order valence-corrected chi connectivity index (χ0v) is 9.84. The van der Waals surface area contributed by atoms with Crippen molar-refractivity contribution in [2.75, 3.05) is 0 Å². The molecule has 0 aliphatic carbocycles. The summed E-state index contributed by atoms with van der Waals surface area (Å²) in [4.78, 5) is 0.161. The fourth-order valence-electron chi connectivity index (χ4n) is 0.935. The summed E-state index contributed by atoms with van der Waals surface area (Å²) in [6.45, 7) is 1.37. The SMILES string of the molecule is CC(C#N)S(=O)(=O)c1ccccc1Br. The van der Waals surface area contributed by atoms with Crippen LogP contribution in [0.25, 0.3) is 0 Å². The van der Waals surface area contributed by atoms with Gasteiger partial charge < -0.3 is 0 Å². The van der Waals surface area contributed by atoms with Gasteiger partial charge in [-0.1, -0.05) is 12.1 Å². The Morgan fingerprint density at radius 2 is 2.00 bits per heavy atom. The van der Waals surface area contributed by atoms with Crippen LogP contribution >= 0.6 is 15.9 Å². The number of nitrogens with zero attached hydrogens (tertiary/aromatic N) is 1. The molecule has 5 heteroatoms. The first kappa shape index (κ1) is 11.2. The fraction of sp³-hybridized carbons (Fsp3) is 0.222.